The van der Waals surface area contributed by atoms with Crippen LogP contribution in [0.2, 0.25) is 0 Å². The van der Waals surface area contributed by atoms with Gasteiger partial charge in [-0.25, -0.2) is 4.39 Å². The molecule has 2 aromatic carbocycles. The minimum Gasteiger partial charge on any atom is -0.456 e. The van der Waals surface area contributed by atoms with Crippen LogP contribution in [0.5, 0.6) is 11.5 Å². The summed E-state index contributed by atoms with van der Waals surface area (Å²) in [6, 6.07) is 9.89. The number of carbonyl (C=O) groups excluding carboxylic acids is 2. The lowest BCUT2D eigenvalue weighted by Gasteiger charge is -2.27. The van der Waals surface area contributed by atoms with Crippen molar-refractivity contribution in [2.24, 2.45) is 0 Å². The summed E-state index contributed by atoms with van der Waals surface area (Å²) in [4.78, 5) is 29.6. The summed E-state index contributed by atoms with van der Waals surface area (Å²) in [6.07, 6.45) is 4.78. The first-order valence-electron chi connectivity index (χ1n) is 12.8. The van der Waals surface area contributed by atoms with E-state index >= 15 is 4.39 Å². The van der Waals surface area contributed by atoms with E-state index in [9.17, 15) is 9.59 Å². The van der Waals surface area contributed by atoms with Gasteiger partial charge in [-0.3, -0.25) is 19.3 Å². The van der Waals surface area contributed by atoms with Crippen LogP contribution < -0.4 is 20.7 Å². The van der Waals surface area contributed by atoms with E-state index in [0.29, 0.717) is 39.2 Å². The average Bonchev–Trinajstić information content (AvgIpc) is 3.33. The topological polar surface area (TPSA) is 110 Å². The van der Waals surface area contributed by atoms with Gasteiger partial charge in [-0.1, -0.05) is 0 Å². The highest BCUT2D eigenvalue weighted by Gasteiger charge is 2.21. The van der Waals surface area contributed by atoms with Crippen molar-refractivity contribution in [1.29, 1.82) is 0 Å². The molecule has 9 nitrogen and oxygen atoms in total. The summed E-state index contributed by atoms with van der Waals surface area (Å²) < 4.78 is 23.0. The van der Waals surface area contributed by atoms with Gasteiger partial charge in [-0.05, 0) is 69.2 Å². The number of fused-ring (bicyclic) bond motifs is 1. The Labute approximate surface area is 225 Å². The van der Waals surface area contributed by atoms with Crippen molar-refractivity contribution in [2.75, 3.05) is 18.4 Å². The first kappa shape index (κ1) is 26.3. The minimum atomic E-state index is -0.552. The first-order valence-corrected chi connectivity index (χ1v) is 12.8. The SMILES string of the molecule is Cc1cc(CC(=O)Nc2cnn(C(C)(C)C)c2)c(F)cc1Oc1ccnc2ccc(C(=O)NC3CNC3)cc12. The van der Waals surface area contributed by atoms with Gasteiger partial charge in [0, 0.05) is 42.5 Å². The van der Waals surface area contributed by atoms with Gasteiger partial charge in [0.2, 0.25) is 5.91 Å². The highest BCUT2D eigenvalue weighted by molar-refractivity contribution is 5.99. The second-order valence-corrected chi connectivity index (χ2v) is 10.8. The van der Waals surface area contributed by atoms with Crippen molar-refractivity contribution in [3.63, 3.8) is 0 Å². The third-order valence-corrected chi connectivity index (χ3v) is 6.55. The number of carbonyl (C=O) groups is 2. The van der Waals surface area contributed by atoms with E-state index in [4.69, 9.17) is 4.74 Å². The summed E-state index contributed by atoms with van der Waals surface area (Å²) in [7, 11) is 0. The van der Waals surface area contributed by atoms with E-state index in [1.54, 1.807) is 60.5 Å². The van der Waals surface area contributed by atoms with Crippen LogP contribution >= 0.6 is 0 Å². The number of hydrogen-bond donors (Lipinski definition) is 3. The molecule has 0 radical (unpaired) electrons. The number of ether oxygens (including phenoxy) is 1. The van der Waals surface area contributed by atoms with Crippen molar-refractivity contribution in [3.05, 3.63) is 77.5 Å². The van der Waals surface area contributed by atoms with Crippen molar-refractivity contribution in [1.82, 2.24) is 25.4 Å². The molecular weight excluding hydrogens is 499 g/mol. The fourth-order valence-electron chi connectivity index (χ4n) is 4.23. The number of rotatable bonds is 7. The molecule has 202 valence electrons. The third-order valence-electron chi connectivity index (χ3n) is 6.55. The van der Waals surface area contributed by atoms with Crippen LogP contribution in [0.3, 0.4) is 0 Å². The molecule has 3 heterocycles. The number of nitrogens with zero attached hydrogens (tertiary/aromatic N) is 3. The zero-order valence-electron chi connectivity index (χ0n) is 22.3. The van der Waals surface area contributed by atoms with Crippen molar-refractivity contribution < 1.29 is 18.7 Å². The summed E-state index contributed by atoms with van der Waals surface area (Å²) in [6.45, 7) is 9.31. The molecule has 0 bridgehead atoms. The largest absolute Gasteiger partial charge is 0.456 e. The summed E-state index contributed by atoms with van der Waals surface area (Å²) in [5.41, 5.74) is 2.39. The molecule has 1 saturated heterocycles. The smallest absolute Gasteiger partial charge is 0.251 e. The summed E-state index contributed by atoms with van der Waals surface area (Å²) in [5.74, 6) is -0.314. The lowest BCUT2D eigenvalue weighted by atomic mass is 10.1. The van der Waals surface area contributed by atoms with Gasteiger partial charge in [0.15, 0.2) is 0 Å². The maximum absolute atomic E-state index is 15.1. The predicted molar refractivity (Wildman–Crippen MR) is 147 cm³/mol. The second-order valence-electron chi connectivity index (χ2n) is 10.8. The number of halogens is 1. The molecule has 1 aliphatic rings. The maximum atomic E-state index is 15.1. The molecular formula is C29H31FN6O3. The Bertz CT molecular complexity index is 1550. The Morgan fingerprint density at radius 3 is 2.64 bits per heavy atom. The molecule has 2 amide bonds. The van der Waals surface area contributed by atoms with E-state index in [-0.39, 0.29) is 35.4 Å². The zero-order chi connectivity index (χ0) is 27.7. The Morgan fingerprint density at radius 2 is 1.95 bits per heavy atom. The van der Waals surface area contributed by atoms with Crippen LogP contribution in [0.4, 0.5) is 10.1 Å². The van der Waals surface area contributed by atoms with Crippen LogP contribution in [0.15, 0.2) is 55.0 Å². The van der Waals surface area contributed by atoms with Crippen molar-refractivity contribution >= 4 is 28.4 Å². The Morgan fingerprint density at radius 1 is 1.15 bits per heavy atom. The number of aryl methyl sites for hydroxylation is 1. The van der Waals surface area contributed by atoms with Gasteiger partial charge >= 0.3 is 0 Å². The second kappa shape index (κ2) is 10.5. The van der Waals surface area contributed by atoms with Crippen LogP contribution in [0, 0.1) is 12.7 Å². The number of aromatic nitrogens is 3. The van der Waals surface area contributed by atoms with Gasteiger partial charge in [-0.15, -0.1) is 0 Å². The molecule has 1 fully saturated rings. The number of amides is 2. The molecule has 10 heteroatoms. The summed E-state index contributed by atoms with van der Waals surface area (Å²) in [5, 5.41) is 13.8. The van der Waals surface area contributed by atoms with E-state index in [2.05, 4.69) is 26.0 Å². The molecule has 2 aromatic heterocycles. The molecule has 0 spiro atoms. The Balaban J connectivity index is 1.32. The molecule has 0 atom stereocenters. The number of pyridine rings is 1. The molecule has 4 aromatic rings. The molecule has 1 aliphatic heterocycles. The molecule has 0 saturated carbocycles. The molecule has 3 N–H and O–H groups in total. The number of anilines is 1. The van der Waals surface area contributed by atoms with Gasteiger partial charge in [-0.2, -0.15) is 5.10 Å². The lowest BCUT2D eigenvalue weighted by molar-refractivity contribution is -0.115. The summed E-state index contributed by atoms with van der Waals surface area (Å²) >= 11 is 0. The van der Waals surface area contributed by atoms with Crippen LogP contribution in [0.1, 0.15) is 42.3 Å². The van der Waals surface area contributed by atoms with E-state index < -0.39 is 5.82 Å². The molecule has 39 heavy (non-hydrogen) atoms. The molecule has 0 unspecified atom stereocenters. The lowest BCUT2D eigenvalue weighted by Crippen LogP contribution is -2.56. The van der Waals surface area contributed by atoms with Gasteiger partial charge in [0.1, 0.15) is 17.3 Å². The monoisotopic (exact) mass is 530 g/mol. The highest BCUT2D eigenvalue weighted by atomic mass is 19.1. The van der Waals surface area contributed by atoms with Crippen molar-refractivity contribution in [2.45, 2.75) is 45.7 Å². The third kappa shape index (κ3) is 5.91. The van der Waals surface area contributed by atoms with Gasteiger partial charge in [0.05, 0.1) is 35.4 Å². The van der Waals surface area contributed by atoms with Crippen LogP contribution in [0.25, 0.3) is 10.9 Å². The highest BCUT2D eigenvalue weighted by Crippen LogP contribution is 2.33. The number of hydrogen-bond acceptors (Lipinski definition) is 6. The first-order chi connectivity index (χ1) is 18.6. The predicted octanol–water partition coefficient (Wildman–Crippen LogP) is 4.31. The Kier molecular flexibility index (Phi) is 7.05. The zero-order valence-corrected chi connectivity index (χ0v) is 22.3. The minimum absolute atomic E-state index is 0.116. The fourth-order valence-corrected chi connectivity index (χ4v) is 4.23. The Hall–Kier alpha value is -4.31. The fraction of sp³-hybridized carbons (Fsp3) is 0.310. The van der Waals surface area contributed by atoms with Gasteiger partial charge in [0.25, 0.3) is 5.91 Å². The quantitative estimate of drug-likeness (QED) is 0.329. The molecule has 0 aliphatic carbocycles. The van der Waals surface area contributed by atoms with Crippen LogP contribution in [-0.4, -0.2) is 45.7 Å². The average molecular weight is 531 g/mol. The normalized spacial score (nSPS) is 13.7. The molecule has 5 rings (SSSR count). The number of nitrogens with one attached hydrogen (secondary N) is 3. The standard InChI is InChI=1S/C29H31FN6O3/c1-17-9-19(11-27(37)34-21-15-33-36(16-21)29(2,3)4)23(30)12-26(17)39-25-7-8-32-24-6-5-18(10-22(24)25)28(38)35-20-13-31-14-20/h5-10,12,15-16,20,31H,11,13-14H2,1-4H3,(H,34,37)(H,35,38). The van der Waals surface area contributed by atoms with E-state index in [0.717, 1.165) is 13.1 Å². The van der Waals surface area contributed by atoms with Gasteiger partial charge < -0.3 is 20.7 Å². The van der Waals surface area contributed by atoms with Crippen molar-refractivity contribution in [3.8, 4) is 11.5 Å². The maximum Gasteiger partial charge on any atom is 0.251 e. The number of benzene rings is 2. The van der Waals surface area contributed by atoms with E-state index in [1.165, 1.54) is 6.07 Å². The van der Waals surface area contributed by atoms with E-state index in [1.807, 2.05) is 20.8 Å². The van der Waals surface area contributed by atoms with Crippen LogP contribution in [-0.2, 0) is 16.8 Å².